The van der Waals surface area contributed by atoms with Gasteiger partial charge in [-0.25, -0.2) is 0 Å². The second-order valence-corrected chi connectivity index (χ2v) is 7.31. The maximum atomic E-state index is 12.1. The number of aromatic nitrogens is 2. The molecule has 0 aliphatic heterocycles. The van der Waals surface area contributed by atoms with Crippen LogP contribution in [0.1, 0.15) is 29.5 Å². The predicted molar refractivity (Wildman–Crippen MR) is 103 cm³/mol. The Morgan fingerprint density at radius 1 is 1.12 bits per heavy atom. The topological polar surface area (TPSA) is 68.0 Å². The molecule has 0 radical (unpaired) electrons. The lowest BCUT2D eigenvalue weighted by Crippen LogP contribution is -2.14. The molecule has 5 nitrogen and oxygen atoms in total. The summed E-state index contributed by atoms with van der Waals surface area (Å²) in [5, 5.41) is 10.6. The number of anilines is 1. The van der Waals surface area contributed by atoms with Gasteiger partial charge in [-0.3, -0.25) is 10.1 Å². The molecule has 0 saturated heterocycles. The predicted octanol–water partition coefficient (Wildman–Crippen LogP) is 4.26. The number of carbonyl (C=O) groups is 1. The van der Waals surface area contributed by atoms with Gasteiger partial charge in [0.05, 0.1) is 12.8 Å². The van der Waals surface area contributed by atoms with Crippen LogP contribution in [0.5, 0.6) is 0 Å². The second-order valence-electron chi connectivity index (χ2n) is 5.97. The number of carbonyl (C=O) groups excluding carboxylic acids is 1. The van der Waals surface area contributed by atoms with E-state index in [1.165, 1.54) is 4.90 Å². The summed E-state index contributed by atoms with van der Waals surface area (Å²) in [6, 6.07) is 16.3. The third-order valence-corrected chi connectivity index (χ3v) is 4.64. The lowest BCUT2D eigenvalue weighted by atomic mass is 10.1. The van der Waals surface area contributed by atoms with Crippen LogP contribution in [0.15, 0.2) is 57.8 Å². The molecule has 2 aromatic carbocycles. The van der Waals surface area contributed by atoms with Crippen LogP contribution in [-0.2, 0) is 17.6 Å². The highest BCUT2D eigenvalue weighted by atomic mass is 32.2. The highest BCUT2D eigenvalue weighted by molar-refractivity contribution is 7.99. The van der Waals surface area contributed by atoms with Crippen molar-refractivity contribution in [2.24, 2.45) is 0 Å². The molecule has 3 aromatic rings. The quantitative estimate of drug-likeness (QED) is 0.632. The van der Waals surface area contributed by atoms with Crippen LogP contribution >= 0.6 is 11.8 Å². The second kappa shape index (κ2) is 8.67. The molecule has 0 atom stereocenters. The van der Waals surface area contributed by atoms with Gasteiger partial charge in [-0.15, -0.1) is 16.9 Å². The Hall–Kier alpha value is -2.60. The molecule has 1 amide bonds. The molecule has 0 bridgehead atoms. The number of thioether (sulfide) groups is 1. The number of hydrogen-bond acceptors (Lipinski definition) is 5. The number of nitrogens with zero attached hydrogens (tertiary/aromatic N) is 2. The molecule has 0 saturated carbocycles. The number of amides is 1. The summed E-state index contributed by atoms with van der Waals surface area (Å²) in [6.45, 7) is 4.13. The standard InChI is InChI=1S/C20H21N3O2S/c1-3-26-17-9-7-15(8-10-17)13-19-22-23-20(25-19)21-18(24)12-16-6-4-5-14(2)11-16/h4-11H,3,12-13H2,1-2H3,(H,21,23,24). The van der Waals surface area contributed by atoms with Crippen molar-refractivity contribution in [2.75, 3.05) is 11.1 Å². The summed E-state index contributed by atoms with van der Waals surface area (Å²) >= 11 is 1.80. The largest absolute Gasteiger partial charge is 0.407 e. The van der Waals surface area contributed by atoms with Crippen molar-refractivity contribution >= 4 is 23.7 Å². The van der Waals surface area contributed by atoms with Crippen LogP contribution in [0.3, 0.4) is 0 Å². The summed E-state index contributed by atoms with van der Waals surface area (Å²) in [4.78, 5) is 13.4. The van der Waals surface area contributed by atoms with Gasteiger partial charge in [0.2, 0.25) is 11.8 Å². The fourth-order valence-electron chi connectivity index (χ4n) is 2.59. The minimum atomic E-state index is -0.174. The Morgan fingerprint density at radius 2 is 1.92 bits per heavy atom. The Labute approximate surface area is 157 Å². The lowest BCUT2D eigenvalue weighted by molar-refractivity contribution is -0.115. The van der Waals surface area contributed by atoms with Crippen LogP contribution in [-0.4, -0.2) is 21.9 Å². The van der Waals surface area contributed by atoms with E-state index in [-0.39, 0.29) is 18.3 Å². The van der Waals surface area contributed by atoms with E-state index in [0.717, 1.165) is 22.4 Å². The van der Waals surface area contributed by atoms with Gasteiger partial charge in [-0.05, 0) is 35.9 Å². The molecule has 134 valence electrons. The highest BCUT2D eigenvalue weighted by Crippen LogP contribution is 2.19. The summed E-state index contributed by atoms with van der Waals surface area (Å²) in [6.07, 6.45) is 0.813. The Kier molecular flexibility index (Phi) is 6.07. The average Bonchev–Trinajstić information content (AvgIpc) is 3.03. The third kappa shape index (κ3) is 5.20. The van der Waals surface area contributed by atoms with Gasteiger partial charge in [-0.2, -0.15) is 0 Å². The molecule has 1 aromatic heterocycles. The molecule has 0 spiro atoms. The highest BCUT2D eigenvalue weighted by Gasteiger charge is 2.11. The molecule has 0 aliphatic carbocycles. The van der Waals surface area contributed by atoms with Crippen molar-refractivity contribution in [3.05, 3.63) is 71.1 Å². The van der Waals surface area contributed by atoms with Gasteiger partial charge >= 0.3 is 6.01 Å². The Balaban J connectivity index is 1.56. The van der Waals surface area contributed by atoms with Crippen molar-refractivity contribution in [1.29, 1.82) is 0 Å². The fraction of sp³-hybridized carbons (Fsp3) is 0.250. The maximum Gasteiger partial charge on any atom is 0.322 e. The zero-order chi connectivity index (χ0) is 18.4. The van der Waals surface area contributed by atoms with Gasteiger partial charge in [0.1, 0.15) is 0 Å². The zero-order valence-corrected chi connectivity index (χ0v) is 15.7. The Bertz CT molecular complexity index is 875. The smallest absolute Gasteiger partial charge is 0.322 e. The van der Waals surface area contributed by atoms with Crippen molar-refractivity contribution in [2.45, 2.75) is 31.6 Å². The summed E-state index contributed by atoms with van der Waals surface area (Å²) in [7, 11) is 0. The Morgan fingerprint density at radius 3 is 2.65 bits per heavy atom. The van der Waals surface area contributed by atoms with Gasteiger partial charge in [0.15, 0.2) is 0 Å². The average molecular weight is 367 g/mol. The molecular weight excluding hydrogens is 346 g/mol. The summed E-state index contributed by atoms with van der Waals surface area (Å²) in [5.41, 5.74) is 3.16. The van der Waals surface area contributed by atoms with E-state index in [4.69, 9.17) is 4.42 Å². The monoisotopic (exact) mass is 367 g/mol. The van der Waals surface area contributed by atoms with E-state index >= 15 is 0 Å². The fourth-order valence-corrected chi connectivity index (χ4v) is 3.25. The van der Waals surface area contributed by atoms with E-state index in [1.807, 2.05) is 31.2 Å². The van der Waals surface area contributed by atoms with Crippen LogP contribution in [0.2, 0.25) is 0 Å². The molecule has 0 unspecified atom stereocenters. The van der Waals surface area contributed by atoms with Gasteiger partial charge < -0.3 is 4.42 Å². The van der Waals surface area contributed by atoms with Crippen LogP contribution < -0.4 is 5.32 Å². The van der Waals surface area contributed by atoms with Crippen molar-refractivity contribution in [1.82, 2.24) is 10.2 Å². The SMILES string of the molecule is CCSc1ccc(Cc2nnc(NC(=O)Cc3cccc(C)c3)o2)cc1. The first-order valence-electron chi connectivity index (χ1n) is 8.52. The zero-order valence-electron chi connectivity index (χ0n) is 14.9. The molecule has 1 N–H and O–H groups in total. The van der Waals surface area contributed by atoms with Gasteiger partial charge in [0.25, 0.3) is 0 Å². The van der Waals surface area contributed by atoms with Crippen molar-refractivity contribution < 1.29 is 9.21 Å². The van der Waals surface area contributed by atoms with Gasteiger partial charge in [0, 0.05) is 4.90 Å². The van der Waals surface area contributed by atoms with Crippen LogP contribution in [0, 0.1) is 6.92 Å². The molecule has 1 heterocycles. The number of benzene rings is 2. The number of hydrogen-bond donors (Lipinski definition) is 1. The number of nitrogens with one attached hydrogen (secondary N) is 1. The van der Waals surface area contributed by atoms with E-state index in [0.29, 0.717) is 12.3 Å². The molecule has 3 rings (SSSR count). The molecular formula is C20H21N3O2S. The summed E-state index contributed by atoms with van der Waals surface area (Å²) in [5.74, 6) is 1.35. The maximum absolute atomic E-state index is 12.1. The summed E-state index contributed by atoms with van der Waals surface area (Å²) < 4.78 is 5.54. The third-order valence-electron chi connectivity index (χ3n) is 3.75. The molecule has 26 heavy (non-hydrogen) atoms. The van der Waals surface area contributed by atoms with Gasteiger partial charge in [-0.1, -0.05) is 54.0 Å². The van der Waals surface area contributed by atoms with Crippen molar-refractivity contribution in [3.63, 3.8) is 0 Å². The number of rotatable bonds is 7. The molecule has 0 fully saturated rings. The molecule has 0 aliphatic rings. The van der Waals surface area contributed by atoms with E-state index in [9.17, 15) is 4.79 Å². The van der Waals surface area contributed by atoms with E-state index in [1.54, 1.807) is 11.8 Å². The van der Waals surface area contributed by atoms with E-state index < -0.39 is 0 Å². The normalized spacial score (nSPS) is 10.7. The number of aryl methyl sites for hydroxylation is 1. The van der Waals surface area contributed by atoms with E-state index in [2.05, 4.69) is 46.7 Å². The minimum absolute atomic E-state index is 0.135. The minimum Gasteiger partial charge on any atom is -0.407 e. The van der Waals surface area contributed by atoms with Crippen LogP contribution in [0.4, 0.5) is 6.01 Å². The van der Waals surface area contributed by atoms with Crippen molar-refractivity contribution in [3.8, 4) is 0 Å². The first kappa shape index (κ1) is 18.2. The lowest BCUT2D eigenvalue weighted by Gasteiger charge is -2.02. The molecule has 6 heteroatoms. The first-order valence-corrected chi connectivity index (χ1v) is 9.50. The van der Waals surface area contributed by atoms with Crippen LogP contribution in [0.25, 0.3) is 0 Å². The first-order chi connectivity index (χ1) is 12.6.